The van der Waals surface area contributed by atoms with Gasteiger partial charge in [-0.05, 0) is 24.5 Å². The summed E-state index contributed by atoms with van der Waals surface area (Å²) in [6.07, 6.45) is 1.40. The smallest absolute Gasteiger partial charge is 0.191 e. The predicted molar refractivity (Wildman–Crippen MR) is 101 cm³/mol. The van der Waals surface area contributed by atoms with Crippen molar-refractivity contribution in [1.29, 1.82) is 0 Å². The maximum Gasteiger partial charge on any atom is 0.191 e. The molecular weight excluding hydrogens is 376 g/mol. The molecule has 0 bridgehead atoms. The lowest BCUT2D eigenvalue weighted by Crippen LogP contribution is -2.11. The minimum atomic E-state index is -2.85. The Bertz CT molecular complexity index is 976. The van der Waals surface area contributed by atoms with Crippen LogP contribution in [0.1, 0.15) is 17.3 Å². The van der Waals surface area contributed by atoms with Gasteiger partial charge in [-0.15, -0.1) is 21.5 Å². The molecule has 1 fully saturated rings. The number of sulfone groups is 1. The Hall–Kier alpha value is -1.45. The summed E-state index contributed by atoms with van der Waals surface area (Å²) in [6, 6.07) is 8.13. The number of thiazole rings is 1. The second-order valence-corrected chi connectivity index (χ2v) is 10.6. The highest BCUT2D eigenvalue weighted by atomic mass is 32.2. The number of rotatable bonds is 5. The summed E-state index contributed by atoms with van der Waals surface area (Å²) in [5, 5.41) is 10.4. The lowest BCUT2D eigenvalue weighted by atomic mass is 10.1. The van der Waals surface area contributed by atoms with E-state index in [0.29, 0.717) is 12.2 Å². The van der Waals surface area contributed by atoms with Crippen LogP contribution >= 0.6 is 23.1 Å². The van der Waals surface area contributed by atoms with Gasteiger partial charge in [0.2, 0.25) is 0 Å². The van der Waals surface area contributed by atoms with Crippen LogP contribution in [0.2, 0.25) is 0 Å². The summed E-state index contributed by atoms with van der Waals surface area (Å²) < 4.78 is 26.4. The third-order valence-electron chi connectivity index (χ3n) is 4.39. The number of benzene rings is 1. The Balaban J connectivity index is 1.42. The summed E-state index contributed by atoms with van der Waals surface area (Å²) in [7, 11) is -0.906. The summed E-state index contributed by atoms with van der Waals surface area (Å²) in [5.74, 6) is 2.34. The quantitative estimate of drug-likeness (QED) is 0.619. The molecule has 0 amide bonds. The topological polar surface area (TPSA) is 77.7 Å². The molecule has 1 unspecified atom stereocenters. The van der Waals surface area contributed by atoms with Crippen LogP contribution < -0.4 is 0 Å². The maximum atomic E-state index is 11.6. The van der Waals surface area contributed by atoms with Gasteiger partial charge < -0.3 is 4.57 Å². The van der Waals surface area contributed by atoms with Crippen molar-refractivity contribution in [1.82, 2.24) is 19.7 Å². The SMILES string of the molecule is Cn1c(CC2CCS(=O)(=O)C2)nnc1SCc1nc2ccccc2s1. The Kier molecular flexibility index (Phi) is 4.55. The molecule has 3 heterocycles. The second kappa shape index (κ2) is 6.69. The highest BCUT2D eigenvalue weighted by Gasteiger charge is 2.29. The van der Waals surface area contributed by atoms with Crippen LogP contribution in [0.25, 0.3) is 10.2 Å². The van der Waals surface area contributed by atoms with Gasteiger partial charge in [-0.1, -0.05) is 23.9 Å². The van der Waals surface area contributed by atoms with E-state index in [1.54, 1.807) is 23.1 Å². The van der Waals surface area contributed by atoms with E-state index in [9.17, 15) is 8.42 Å². The number of nitrogens with zero attached hydrogens (tertiary/aromatic N) is 4. The van der Waals surface area contributed by atoms with Crippen LogP contribution in [-0.2, 0) is 29.1 Å². The average molecular weight is 395 g/mol. The van der Waals surface area contributed by atoms with Gasteiger partial charge in [0.25, 0.3) is 0 Å². The lowest BCUT2D eigenvalue weighted by molar-refractivity contribution is 0.552. The molecular formula is C16H18N4O2S3. The summed E-state index contributed by atoms with van der Waals surface area (Å²) in [6.45, 7) is 0. The van der Waals surface area contributed by atoms with E-state index in [-0.39, 0.29) is 11.7 Å². The van der Waals surface area contributed by atoms with E-state index >= 15 is 0 Å². The molecule has 0 aliphatic carbocycles. The molecule has 2 aromatic heterocycles. The van der Waals surface area contributed by atoms with Gasteiger partial charge in [0.15, 0.2) is 15.0 Å². The van der Waals surface area contributed by atoms with Gasteiger partial charge in [-0.25, -0.2) is 13.4 Å². The standard InChI is InChI=1S/C16H18N4O2S3/c1-20-14(8-11-6-7-25(21,22)10-11)18-19-16(20)23-9-15-17-12-4-2-3-5-13(12)24-15/h2-5,11H,6-10H2,1H3. The maximum absolute atomic E-state index is 11.6. The number of hydrogen-bond acceptors (Lipinski definition) is 7. The first-order valence-electron chi connectivity index (χ1n) is 8.06. The van der Waals surface area contributed by atoms with E-state index in [0.717, 1.165) is 33.7 Å². The van der Waals surface area contributed by atoms with Crippen molar-refractivity contribution in [3.05, 3.63) is 35.1 Å². The zero-order chi connectivity index (χ0) is 17.4. The largest absolute Gasteiger partial charge is 0.309 e. The zero-order valence-electron chi connectivity index (χ0n) is 13.8. The molecule has 1 aliphatic rings. The van der Waals surface area contributed by atoms with Crippen molar-refractivity contribution < 1.29 is 8.42 Å². The van der Waals surface area contributed by atoms with Crippen molar-refractivity contribution >= 4 is 43.2 Å². The van der Waals surface area contributed by atoms with Crippen LogP contribution in [0.15, 0.2) is 29.4 Å². The van der Waals surface area contributed by atoms with Gasteiger partial charge in [-0.3, -0.25) is 0 Å². The Morgan fingerprint density at radius 3 is 2.92 bits per heavy atom. The van der Waals surface area contributed by atoms with E-state index in [4.69, 9.17) is 0 Å². The fourth-order valence-electron chi connectivity index (χ4n) is 3.05. The normalized spacial score (nSPS) is 19.6. The van der Waals surface area contributed by atoms with Crippen molar-refractivity contribution in [2.45, 2.75) is 23.8 Å². The Morgan fingerprint density at radius 2 is 2.16 bits per heavy atom. The monoisotopic (exact) mass is 394 g/mol. The Morgan fingerprint density at radius 1 is 1.32 bits per heavy atom. The molecule has 6 nitrogen and oxygen atoms in total. The Labute approximate surface area is 154 Å². The first-order chi connectivity index (χ1) is 12.0. The first kappa shape index (κ1) is 17.0. The molecule has 25 heavy (non-hydrogen) atoms. The summed E-state index contributed by atoms with van der Waals surface area (Å²) in [4.78, 5) is 4.64. The molecule has 0 spiro atoms. The molecule has 0 N–H and O–H groups in total. The molecule has 1 aliphatic heterocycles. The molecule has 4 rings (SSSR count). The fourth-order valence-corrected chi connectivity index (χ4v) is 6.80. The number of hydrogen-bond donors (Lipinski definition) is 0. The molecule has 0 saturated carbocycles. The minimum Gasteiger partial charge on any atom is -0.309 e. The predicted octanol–water partition coefficient (Wildman–Crippen LogP) is 2.69. The second-order valence-electron chi connectivity index (χ2n) is 6.30. The van der Waals surface area contributed by atoms with Gasteiger partial charge in [0, 0.05) is 13.5 Å². The molecule has 132 valence electrons. The number of para-hydroxylation sites is 1. The van der Waals surface area contributed by atoms with Crippen LogP contribution in [0.5, 0.6) is 0 Å². The van der Waals surface area contributed by atoms with Gasteiger partial charge in [-0.2, -0.15) is 0 Å². The fraction of sp³-hybridized carbons (Fsp3) is 0.438. The van der Waals surface area contributed by atoms with Gasteiger partial charge in [0.1, 0.15) is 10.8 Å². The van der Waals surface area contributed by atoms with Crippen molar-refractivity contribution in [3.8, 4) is 0 Å². The third-order valence-corrected chi connectivity index (χ3v) is 8.47. The van der Waals surface area contributed by atoms with Crippen molar-refractivity contribution in [3.63, 3.8) is 0 Å². The summed E-state index contributed by atoms with van der Waals surface area (Å²) in [5.41, 5.74) is 1.03. The van der Waals surface area contributed by atoms with E-state index in [1.807, 2.05) is 29.8 Å². The molecule has 0 radical (unpaired) electrons. The summed E-state index contributed by atoms with van der Waals surface area (Å²) >= 11 is 3.31. The lowest BCUT2D eigenvalue weighted by Gasteiger charge is -2.07. The molecule has 9 heteroatoms. The zero-order valence-corrected chi connectivity index (χ0v) is 16.2. The van der Waals surface area contributed by atoms with Crippen LogP contribution in [0.3, 0.4) is 0 Å². The number of thioether (sulfide) groups is 1. The average Bonchev–Trinajstić information content (AvgIpc) is 3.24. The van der Waals surface area contributed by atoms with E-state index in [2.05, 4.69) is 21.2 Å². The third kappa shape index (κ3) is 3.73. The number of aromatic nitrogens is 4. The molecule has 1 atom stereocenters. The van der Waals surface area contributed by atoms with Crippen molar-refractivity contribution in [2.24, 2.45) is 13.0 Å². The van der Waals surface area contributed by atoms with E-state index < -0.39 is 9.84 Å². The highest BCUT2D eigenvalue weighted by molar-refractivity contribution is 7.98. The molecule has 1 saturated heterocycles. The van der Waals surface area contributed by atoms with Crippen molar-refractivity contribution in [2.75, 3.05) is 11.5 Å². The van der Waals surface area contributed by atoms with Crippen LogP contribution in [-0.4, -0.2) is 39.7 Å². The van der Waals surface area contributed by atoms with Crippen LogP contribution in [0, 0.1) is 5.92 Å². The van der Waals surface area contributed by atoms with Gasteiger partial charge >= 0.3 is 0 Å². The van der Waals surface area contributed by atoms with Crippen LogP contribution in [0.4, 0.5) is 0 Å². The first-order valence-corrected chi connectivity index (χ1v) is 11.7. The molecule has 1 aromatic carbocycles. The number of fused-ring (bicyclic) bond motifs is 1. The highest BCUT2D eigenvalue weighted by Crippen LogP contribution is 2.28. The van der Waals surface area contributed by atoms with Gasteiger partial charge in [0.05, 0.1) is 27.5 Å². The minimum absolute atomic E-state index is 0.162. The molecule has 3 aromatic rings. The van der Waals surface area contributed by atoms with E-state index in [1.165, 1.54) is 4.70 Å².